The number of aliphatic hydroxyl groups excluding tert-OH is 1. The van der Waals surface area contributed by atoms with E-state index >= 15 is 0 Å². The summed E-state index contributed by atoms with van der Waals surface area (Å²) in [5.41, 5.74) is 1.89. The molecular formula is C14H21NO2. The molecule has 1 N–H and O–H groups in total. The fraction of sp³-hybridized carbons (Fsp3) is 0.571. The molecule has 1 aromatic rings. The molecule has 0 fully saturated rings. The predicted molar refractivity (Wildman–Crippen MR) is 68.4 cm³/mol. The highest BCUT2D eigenvalue weighted by Crippen LogP contribution is 2.33. The van der Waals surface area contributed by atoms with Crippen LogP contribution in [0.2, 0.25) is 0 Å². The van der Waals surface area contributed by atoms with Crippen molar-refractivity contribution in [3.8, 4) is 5.75 Å². The van der Waals surface area contributed by atoms with E-state index in [1.54, 1.807) is 0 Å². The monoisotopic (exact) mass is 235 g/mol. The van der Waals surface area contributed by atoms with Gasteiger partial charge in [0.05, 0.1) is 12.7 Å². The summed E-state index contributed by atoms with van der Waals surface area (Å²) >= 11 is 0. The first-order valence-electron chi connectivity index (χ1n) is 6.04. The van der Waals surface area contributed by atoms with Gasteiger partial charge in [-0.05, 0) is 51.2 Å². The van der Waals surface area contributed by atoms with Crippen LogP contribution >= 0.6 is 0 Å². The van der Waals surface area contributed by atoms with Crippen LogP contribution in [0, 0.1) is 0 Å². The number of hydrogen-bond donors (Lipinski definition) is 1. The minimum atomic E-state index is -0.497. The minimum absolute atomic E-state index is 0.284. The molecule has 1 aliphatic rings. The number of nitrogens with zero attached hydrogens (tertiary/aromatic N) is 1. The molecule has 1 aromatic carbocycles. The Hall–Kier alpha value is -1.06. The van der Waals surface area contributed by atoms with E-state index in [2.05, 4.69) is 6.07 Å². The van der Waals surface area contributed by atoms with Crippen LogP contribution in [0.25, 0.3) is 0 Å². The van der Waals surface area contributed by atoms with Gasteiger partial charge in [-0.15, -0.1) is 0 Å². The SMILES string of the molecule is CN(C)C(C)(C)C(O)c1ccc2c(c1)CCO2. The summed E-state index contributed by atoms with van der Waals surface area (Å²) in [4.78, 5) is 2.04. The molecule has 0 saturated heterocycles. The lowest BCUT2D eigenvalue weighted by Gasteiger charge is -2.37. The van der Waals surface area contributed by atoms with Crippen LogP contribution in [-0.4, -0.2) is 36.2 Å². The molecule has 1 heterocycles. The minimum Gasteiger partial charge on any atom is -0.493 e. The molecule has 0 saturated carbocycles. The van der Waals surface area contributed by atoms with Crippen LogP contribution in [-0.2, 0) is 6.42 Å². The van der Waals surface area contributed by atoms with Crippen molar-refractivity contribution >= 4 is 0 Å². The summed E-state index contributed by atoms with van der Waals surface area (Å²) in [6, 6.07) is 5.99. The first-order valence-corrected chi connectivity index (χ1v) is 6.04. The van der Waals surface area contributed by atoms with Crippen LogP contribution < -0.4 is 4.74 Å². The van der Waals surface area contributed by atoms with E-state index < -0.39 is 6.10 Å². The van der Waals surface area contributed by atoms with Gasteiger partial charge in [0.15, 0.2) is 0 Å². The van der Waals surface area contributed by atoms with Crippen molar-refractivity contribution < 1.29 is 9.84 Å². The van der Waals surface area contributed by atoms with Gasteiger partial charge < -0.3 is 14.7 Å². The molecule has 0 aromatic heterocycles. The quantitative estimate of drug-likeness (QED) is 0.869. The maximum Gasteiger partial charge on any atom is 0.122 e. The van der Waals surface area contributed by atoms with Gasteiger partial charge in [0, 0.05) is 12.0 Å². The molecule has 1 aliphatic heterocycles. The molecule has 2 rings (SSSR count). The number of rotatable bonds is 3. The van der Waals surface area contributed by atoms with Crippen molar-refractivity contribution in [3.05, 3.63) is 29.3 Å². The Morgan fingerprint density at radius 2 is 2.06 bits per heavy atom. The van der Waals surface area contributed by atoms with Crippen molar-refractivity contribution in [1.29, 1.82) is 0 Å². The summed E-state index contributed by atoms with van der Waals surface area (Å²) in [7, 11) is 3.97. The number of aliphatic hydroxyl groups is 1. The van der Waals surface area contributed by atoms with E-state index in [1.165, 1.54) is 5.56 Å². The fourth-order valence-electron chi connectivity index (χ4n) is 2.03. The van der Waals surface area contributed by atoms with Gasteiger partial charge in [-0.2, -0.15) is 0 Å². The molecule has 0 bridgehead atoms. The van der Waals surface area contributed by atoms with Crippen LogP contribution in [0.3, 0.4) is 0 Å². The first kappa shape index (κ1) is 12.4. The molecular weight excluding hydrogens is 214 g/mol. The number of fused-ring (bicyclic) bond motifs is 1. The van der Waals surface area contributed by atoms with Crippen molar-refractivity contribution in [1.82, 2.24) is 4.90 Å². The third-order valence-corrected chi connectivity index (χ3v) is 3.85. The lowest BCUT2D eigenvalue weighted by atomic mass is 9.89. The molecule has 0 aliphatic carbocycles. The van der Waals surface area contributed by atoms with E-state index in [4.69, 9.17) is 4.74 Å². The third-order valence-electron chi connectivity index (χ3n) is 3.85. The third kappa shape index (κ3) is 2.17. The molecule has 17 heavy (non-hydrogen) atoms. The molecule has 0 radical (unpaired) electrons. The number of benzene rings is 1. The van der Waals surface area contributed by atoms with Crippen LogP contribution in [0.1, 0.15) is 31.1 Å². The van der Waals surface area contributed by atoms with Gasteiger partial charge >= 0.3 is 0 Å². The summed E-state index contributed by atoms with van der Waals surface area (Å²) in [5, 5.41) is 10.5. The van der Waals surface area contributed by atoms with Crippen LogP contribution in [0.5, 0.6) is 5.75 Å². The Kier molecular flexibility index (Phi) is 3.15. The van der Waals surface area contributed by atoms with Crippen LogP contribution in [0.15, 0.2) is 18.2 Å². The van der Waals surface area contributed by atoms with Crippen LogP contribution in [0.4, 0.5) is 0 Å². The summed E-state index contributed by atoms with van der Waals surface area (Å²) in [6.07, 6.45) is 0.446. The van der Waals surface area contributed by atoms with Crippen molar-refractivity contribution in [2.24, 2.45) is 0 Å². The standard InChI is InChI=1S/C14H21NO2/c1-14(2,15(3)4)13(16)11-5-6-12-10(9-11)7-8-17-12/h5-6,9,13,16H,7-8H2,1-4H3. The summed E-state index contributed by atoms with van der Waals surface area (Å²) in [6.45, 7) is 4.84. The Balaban J connectivity index is 2.29. The summed E-state index contributed by atoms with van der Waals surface area (Å²) in [5.74, 6) is 0.962. The number of likely N-dealkylation sites (N-methyl/N-ethyl adjacent to an activating group) is 1. The van der Waals surface area contributed by atoms with Gasteiger partial charge in [0.25, 0.3) is 0 Å². The average molecular weight is 235 g/mol. The van der Waals surface area contributed by atoms with Gasteiger partial charge in [-0.1, -0.05) is 6.07 Å². The molecule has 3 nitrogen and oxygen atoms in total. The normalized spacial score (nSPS) is 16.8. The maximum atomic E-state index is 10.5. The highest BCUT2D eigenvalue weighted by molar-refractivity contribution is 5.41. The zero-order valence-corrected chi connectivity index (χ0v) is 11.0. The van der Waals surface area contributed by atoms with Crippen molar-refractivity contribution in [2.75, 3.05) is 20.7 Å². The van der Waals surface area contributed by atoms with E-state index in [0.717, 1.165) is 24.3 Å². The lowest BCUT2D eigenvalue weighted by molar-refractivity contribution is 0.0164. The van der Waals surface area contributed by atoms with E-state index in [9.17, 15) is 5.11 Å². The lowest BCUT2D eigenvalue weighted by Crippen LogP contribution is -2.43. The van der Waals surface area contributed by atoms with Gasteiger partial charge in [0.2, 0.25) is 0 Å². The maximum absolute atomic E-state index is 10.5. The zero-order chi connectivity index (χ0) is 12.6. The largest absolute Gasteiger partial charge is 0.493 e. The second-order valence-electron chi connectivity index (χ2n) is 5.42. The van der Waals surface area contributed by atoms with Gasteiger partial charge in [0.1, 0.15) is 5.75 Å². The fourth-order valence-corrected chi connectivity index (χ4v) is 2.03. The first-order chi connectivity index (χ1) is 7.93. The van der Waals surface area contributed by atoms with E-state index in [0.29, 0.717) is 0 Å². The summed E-state index contributed by atoms with van der Waals surface area (Å²) < 4.78 is 5.47. The van der Waals surface area contributed by atoms with Crippen molar-refractivity contribution in [3.63, 3.8) is 0 Å². The highest BCUT2D eigenvalue weighted by Gasteiger charge is 2.31. The molecule has 1 unspecified atom stereocenters. The topological polar surface area (TPSA) is 32.7 Å². The average Bonchev–Trinajstić information content (AvgIpc) is 2.74. The molecule has 3 heteroatoms. The second kappa shape index (κ2) is 4.31. The Labute approximate surface area is 103 Å². The number of hydrogen-bond acceptors (Lipinski definition) is 3. The molecule has 0 amide bonds. The Morgan fingerprint density at radius 1 is 1.35 bits per heavy atom. The zero-order valence-electron chi connectivity index (χ0n) is 11.0. The second-order valence-corrected chi connectivity index (χ2v) is 5.42. The predicted octanol–water partition coefficient (Wildman–Crippen LogP) is 2.00. The van der Waals surface area contributed by atoms with Gasteiger partial charge in [-0.25, -0.2) is 0 Å². The van der Waals surface area contributed by atoms with E-state index in [-0.39, 0.29) is 5.54 Å². The number of ether oxygens (including phenoxy) is 1. The van der Waals surface area contributed by atoms with E-state index in [1.807, 2.05) is 45.0 Å². The van der Waals surface area contributed by atoms with Crippen molar-refractivity contribution in [2.45, 2.75) is 31.9 Å². The Bertz CT molecular complexity index is 413. The molecule has 1 atom stereocenters. The highest BCUT2D eigenvalue weighted by atomic mass is 16.5. The Morgan fingerprint density at radius 3 is 2.71 bits per heavy atom. The smallest absolute Gasteiger partial charge is 0.122 e. The van der Waals surface area contributed by atoms with Gasteiger partial charge in [-0.3, -0.25) is 0 Å². The molecule has 0 spiro atoms. The molecule has 94 valence electrons.